The average molecular weight is 126 g/mol. The lowest BCUT2D eigenvalue weighted by molar-refractivity contribution is -0.123. The number of hydrogen-bond donors (Lipinski definition) is 0. The second-order valence-electron chi connectivity index (χ2n) is 3.29. The number of carbonyl (C=O) groups is 1. The first-order valence-corrected chi connectivity index (χ1v) is 3.32. The van der Waals surface area contributed by atoms with Crippen molar-refractivity contribution in [3.8, 4) is 0 Å². The van der Waals surface area contributed by atoms with Gasteiger partial charge >= 0.3 is 0 Å². The van der Waals surface area contributed by atoms with E-state index in [4.69, 9.17) is 4.74 Å². The molecular weight excluding hydrogens is 116 g/mol. The molecule has 1 aliphatic heterocycles. The van der Waals surface area contributed by atoms with Gasteiger partial charge < -0.3 is 4.74 Å². The number of epoxide rings is 1. The van der Waals surface area contributed by atoms with Gasteiger partial charge in [-0.1, -0.05) is 0 Å². The van der Waals surface area contributed by atoms with Crippen molar-refractivity contribution in [2.24, 2.45) is 0 Å². The van der Waals surface area contributed by atoms with Crippen LogP contribution in [-0.2, 0) is 9.53 Å². The van der Waals surface area contributed by atoms with E-state index in [1.807, 2.05) is 13.8 Å². The molecule has 2 aliphatic rings. The summed E-state index contributed by atoms with van der Waals surface area (Å²) in [4.78, 5) is 11.0. The van der Waals surface area contributed by atoms with Gasteiger partial charge in [0, 0.05) is 6.42 Å². The fourth-order valence-corrected chi connectivity index (χ4v) is 1.66. The minimum atomic E-state index is -0.382. The molecule has 0 aromatic carbocycles. The van der Waals surface area contributed by atoms with E-state index in [0.717, 1.165) is 6.42 Å². The largest absolute Gasteiger partial charge is 0.355 e. The van der Waals surface area contributed by atoms with E-state index in [-0.39, 0.29) is 17.0 Å². The fourth-order valence-electron chi connectivity index (χ4n) is 1.66. The Morgan fingerprint density at radius 2 is 2.22 bits per heavy atom. The first-order chi connectivity index (χ1) is 4.08. The Hall–Kier alpha value is -0.370. The average Bonchev–Trinajstić information content (AvgIpc) is 2.26. The molecule has 0 aromatic heterocycles. The molecule has 1 saturated carbocycles. The van der Waals surface area contributed by atoms with Crippen LogP contribution in [0.2, 0.25) is 0 Å². The highest BCUT2D eigenvalue weighted by molar-refractivity contribution is 5.94. The molecule has 0 aromatic rings. The number of fused-ring (bicyclic) bond motifs is 1. The lowest BCUT2D eigenvalue weighted by Crippen LogP contribution is -2.19. The zero-order valence-electron chi connectivity index (χ0n) is 5.73. The maximum Gasteiger partial charge on any atom is 0.167 e. The zero-order chi connectivity index (χ0) is 6.70. The summed E-state index contributed by atoms with van der Waals surface area (Å²) < 4.78 is 5.29. The van der Waals surface area contributed by atoms with Gasteiger partial charge in [0.05, 0.1) is 0 Å². The van der Waals surface area contributed by atoms with Gasteiger partial charge in [-0.25, -0.2) is 0 Å². The molecule has 0 spiro atoms. The summed E-state index contributed by atoms with van der Waals surface area (Å²) >= 11 is 0. The van der Waals surface area contributed by atoms with Crippen molar-refractivity contribution >= 4 is 5.78 Å². The van der Waals surface area contributed by atoms with Crippen molar-refractivity contribution in [1.82, 2.24) is 0 Å². The van der Waals surface area contributed by atoms with Crippen LogP contribution in [0.4, 0.5) is 0 Å². The minimum Gasteiger partial charge on any atom is -0.355 e. The molecule has 0 amide bonds. The highest BCUT2D eigenvalue weighted by Crippen LogP contribution is 2.56. The molecule has 2 rings (SSSR count). The Morgan fingerprint density at radius 1 is 1.56 bits per heavy atom. The van der Waals surface area contributed by atoms with Crippen LogP contribution in [0.3, 0.4) is 0 Å². The van der Waals surface area contributed by atoms with Crippen LogP contribution in [0.5, 0.6) is 0 Å². The summed E-state index contributed by atoms with van der Waals surface area (Å²) in [5.41, 5.74) is -0.461. The number of ketones is 1. The van der Waals surface area contributed by atoms with Gasteiger partial charge in [0.1, 0.15) is 5.60 Å². The van der Waals surface area contributed by atoms with E-state index in [0.29, 0.717) is 6.42 Å². The third-order valence-electron chi connectivity index (χ3n) is 2.76. The molecule has 0 radical (unpaired) electrons. The molecule has 2 nitrogen and oxygen atoms in total. The lowest BCUT2D eigenvalue weighted by Gasteiger charge is -1.94. The smallest absolute Gasteiger partial charge is 0.167 e. The Labute approximate surface area is 54.2 Å². The second-order valence-corrected chi connectivity index (χ2v) is 3.29. The molecule has 2 fully saturated rings. The highest BCUT2D eigenvalue weighted by atomic mass is 16.6. The summed E-state index contributed by atoms with van der Waals surface area (Å²) in [6.07, 6.45) is 1.63. The summed E-state index contributed by atoms with van der Waals surface area (Å²) in [6.45, 7) is 3.90. The molecule has 2 heteroatoms. The van der Waals surface area contributed by atoms with Crippen LogP contribution in [0.25, 0.3) is 0 Å². The van der Waals surface area contributed by atoms with Gasteiger partial charge in [-0.05, 0) is 20.3 Å². The molecule has 2 unspecified atom stereocenters. The third-order valence-corrected chi connectivity index (χ3v) is 2.76. The maximum absolute atomic E-state index is 11.0. The predicted molar refractivity (Wildman–Crippen MR) is 32.1 cm³/mol. The molecule has 0 bridgehead atoms. The summed E-state index contributed by atoms with van der Waals surface area (Å²) in [5, 5.41) is 0. The molecule has 1 aliphatic carbocycles. The van der Waals surface area contributed by atoms with Crippen LogP contribution >= 0.6 is 0 Å². The van der Waals surface area contributed by atoms with Crippen LogP contribution in [0, 0.1) is 0 Å². The maximum atomic E-state index is 11.0. The molecule has 0 N–H and O–H groups in total. The van der Waals surface area contributed by atoms with Gasteiger partial charge in [-0.2, -0.15) is 0 Å². The van der Waals surface area contributed by atoms with Crippen molar-refractivity contribution in [3.63, 3.8) is 0 Å². The predicted octanol–water partition coefficient (Wildman–Crippen LogP) is 0.897. The normalized spacial score (nSPS) is 55.6. The summed E-state index contributed by atoms with van der Waals surface area (Å²) in [5.74, 6) is 0.282. The van der Waals surface area contributed by atoms with Gasteiger partial charge in [0.25, 0.3) is 0 Å². The molecule has 50 valence electrons. The van der Waals surface area contributed by atoms with Crippen LogP contribution in [0.15, 0.2) is 0 Å². The topological polar surface area (TPSA) is 29.6 Å². The van der Waals surface area contributed by atoms with Crippen molar-refractivity contribution in [3.05, 3.63) is 0 Å². The van der Waals surface area contributed by atoms with Gasteiger partial charge in [-0.15, -0.1) is 0 Å². The van der Waals surface area contributed by atoms with Crippen molar-refractivity contribution in [1.29, 1.82) is 0 Å². The van der Waals surface area contributed by atoms with Gasteiger partial charge in [0.2, 0.25) is 0 Å². The van der Waals surface area contributed by atoms with E-state index < -0.39 is 0 Å². The lowest BCUT2D eigenvalue weighted by atomic mass is 10.0. The highest BCUT2D eigenvalue weighted by Gasteiger charge is 2.71. The van der Waals surface area contributed by atoms with E-state index in [9.17, 15) is 4.79 Å². The number of carbonyl (C=O) groups excluding carboxylic acids is 1. The number of hydrogen-bond acceptors (Lipinski definition) is 2. The van der Waals surface area contributed by atoms with Crippen molar-refractivity contribution in [2.45, 2.75) is 37.9 Å². The van der Waals surface area contributed by atoms with E-state index in [1.165, 1.54) is 0 Å². The fraction of sp³-hybridized carbons (Fsp3) is 0.857. The molecule has 1 saturated heterocycles. The zero-order valence-corrected chi connectivity index (χ0v) is 5.73. The Bertz CT molecular complexity index is 183. The van der Waals surface area contributed by atoms with E-state index in [2.05, 4.69) is 0 Å². The van der Waals surface area contributed by atoms with Crippen molar-refractivity contribution < 1.29 is 9.53 Å². The standard InChI is InChI=1S/C7H10O2/c1-6-4-3-5(8)7(6,2)9-6/h3-4H2,1-2H3. The SMILES string of the molecule is CC12CCC(=O)C1(C)O2. The van der Waals surface area contributed by atoms with E-state index in [1.54, 1.807) is 0 Å². The molecule has 2 atom stereocenters. The number of Topliss-reactive ketones (excluding diaryl/α,β-unsaturated/α-hetero) is 1. The van der Waals surface area contributed by atoms with Crippen molar-refractivity contribution in [2.75, 3.05) is 0 Å². The monoisotopic (exact) mass is 126 g/mol. The van der Waals surface area contributed by atoms with E-state index >= 15 is 0 Å². The number of rotatable bonds is 0. The summed E-state index contributed by atoms with van der Waals surface area (Å²) in [7, 11) is 0. The van der Waals surface area contributed by atoms with Crippen LogP contribution < -0.4 is 0 Å². The summed E-state index contributed by atoms with van der Waals surface area (Å²) in [6, 6.07) is 0. The quantitative estimate of drug-likeness (QED) is 0.451. The molecule has 1 heterocycles. The Balaban J connectivity index is 2.37. The van der Waals surface area contributed by atoms with Gasteiger partial charge in [0.15, 0.2) is 11.4 Å². The number of ether oxygens (including phenoxy) is 1. The Morgan fingerprint density at radius 3 is 2.33 bits per heavy atom. The Kier molecular flexibility index (Phi) is 0.650. The molecule has 9 heavy (non-hydrogen) atoms. The second kappa shape index (κ2) is 1.08. The third kappa shape index (κ3) is 0.399. The minimum absolute atomic E-state index is 0.0793. The van der Waals surface area contributed by atoms with Crippen LogP contribution in [-0.4, -0.2) is 17.0 Å². The van der Waals surface area contributed by atoms with Crippen LogP contribution in [0.1, 0.15) is 26.7 Å². The first kappa shape index (κ1) is 5.42. The molecular formula is C7H10O2. The van der Waals surface area contributed by atoms with Gasteiger partial charge in [-0.3, -0.25) is 4.79 Å². The first-order valence-electron chi connectivity index (χ1n) is 3.32.